The second-order valence-corrected chi connectivity index (χ2v) is 8.35. The van der Waals surface area contributed by atoms with Crippen LogP contribution in [0.25, 0.3) is 0 Å². The van der Waals surface area contributed by atoms with Gasteiger partial charge in [0.15, 0.2) is 0 Å². The van der Waals surface area contributed by atoms with Crippen molar-refractivity contribution >= 4 is 17.7 Å². The molecule has 0 unspecified atom stereocenters. The number of hydrogen-bond donors (Lipinski definition) is 2. The molecule has 4 heteroatoms. The first-order valence-corrected chi connectivity index (χ1v) is 9.77. The lowest BCUT2D eigenvalue weighted by atomic mass is 9.80. The summed E-state index contributed by atoms with van der Waals surface area (Å²) in [4.78, 5) is 12.5. The number of aliphatic hydroxyl groups excluding tert-OH is 1. The van der Waals surface area contributed by atoms with Gasteiger partial charge in [-0.25, -0.2) is 0 Å². The minimum Gasteiger partial charge on any atom is -0.394 e. The highest BCUT2D eigenvalue weighted by molar-refractivity contribution is 7.98. The molecule has 0 spiro atoms. The molecule has 1 amide bonds. The highest BCUT2D eigenvalue weighted by Gasteiger charge is 2.54. The lowest BCUT2D eigenvalue weighted by Gasteiger charge is -2.33. The van der Waals surface area contributed by atoms with E-state index < -0.39 is 5.54 Å². The smallest absolute Gasteiger partial charge is 0.221 e. The van der Waals surface area contributed by atoms with Gasteiger partial charge in [-0.15, -0.1) is 0 Å². The number of thioether (sulfide) groups is 1. The Morgan fingerprint density at radius 3 is 2.24 bits per heavy atom. The van der Waals surface area contributed by atoms with Crippen LogP contribution in [0.2, 0.25) is 0 Å². The van der Waals surface area contributed by atoms with Gasteiger partial charge in [0.05, 0.1) is 12.1 Å². The van der Waals surface area contributed by atoms with Crippen molar-refractivity contribution in [3.8, 4) is 0 Å². The van der Waals surface area contributed by atoms with Crippen LogP contribution in [0.5, 0.6) is 0 Å². The lowest BCUT2D eigenvalue weighted by molar-refractivity contribution is -0.126. The average molecular weight is 314 g/mol. The SMILES string of the molecule is CCC(CC)(CO)NC(=O)CC12CCC(CSC)(CC1)C2. The topological polar surface area (TPSA) is 49.3 Å². The van der Waals surface area contributed by atoms with E-state index in [1.54, 1.807) is 0 Å². The van der Waals surface area contributed by atoms with Crippen molar-refractivity contribution in [2.75, 3.05) is 18.6 Å². The van der Waals surface area contributed by atoms with E-state index in [4.69, 9.17) is 0 Å². The lowest BCUT2D eigenvalue weighted by Crippen LogP contribution is -2.51. The van der Waals surface area contributed by atoms with Crippen molar-refractivity contribution in [1.29, 1.82) is 0 Å². The summed E-state index contributed by atoms with van der Waals surface area (Å²) in [5.41, 5.74) is 0.354. The molecule has 2 bridgehead atoms. The van der Waals surface area contributed by atoms with Crippen LogP contribution in [0.3, 0.4) is 0 Å². The van der Waals surface area contributed by atoms with Gasteiger partial charge in [0.1, 0.15) is 0 Å². The van der Waals surface area contributed by atoms with Gasteiger partial charge >= 0.3 is 0 Å². The standard InChI is InChI=1S/C17H31NO2S/c1-4-17(5-2,12-19)18-14(20)10-15-6-8-16(11-15,9-7-15)13-21-3/h19H,4-13H2,1-3H3,(H,18,20). The normalized spacial score (nSPS) is 31.6. The van der Waals surface area contributed by atoms with Crippen molar-refractivity contribution in [2.24, 2.45) is 10.8 Å². The van der Waals surface area contributed by atoms with Gasteiger partial charge in [0.25, 0.3) is 0 Å². The summed E-state index contributed by atoms with van der Waals surface area (Å²) >= 11 is 1.95. The average Bonchev–Trinajstić information content (AvgIpc) is 3.00. The predicted octanol–water partition coefficient (Wildman–Crippen LogP) is 3.36. The fourth-order valence-electron chi connectivity index (χ4n) is 4.57. The third-order valence-electron chi connectivity index (χ3n) is 6.17. The first kappa shape index (κ1) is 17.1. The summed E-state index contributed by atoms with van der Waals surface area (Å²) in [7, 11) is 0. The Balaban J connectivity index is 1.95. The summed E-state index contributed by atoms with van der Waals surface area (Å²) < 4.78 is 0. The third kappa shape index (κ3) is 3.42. The van der Waals surface area contributed by atoms with E-state index in [-0.39, 0.29) is 17.9 Å². The number of hydrogen-bond acceptors (Lipinski definition) is 3. The molecule has 2 rings (SSSR count). The number of carbonyl (C=O) groups is 1. The molecule has 0 aromatic carbocycles. The van der Waals surface area contributed by atoms with E-state index in [1.807, 2.05) is 25.6 Å². The second-order valence-electron chi connectivity index (χ2n) is 7.48. The van der Waals surface area contributed by atoms with E-state index in [0.717, 1.165) is 12.8 Å². The molecular formula is C17H31NO2S. The monoisotopic (exact) mass is 313 g/mol. The fraction of sp³-hybridized carbons (Fsp3) is 0.941. The maximum atomic E-state index is 12.5. The summed E-state index contributed by atoms with van der Waals surface area (Å²) in [6, 6.07) is 0. The quantitative estimate of drug-likeness (QED) is 0.722. The molecule has 0 aromatic heterocycles. The van der Waals surface area contributed by atoms with Crippen molar-refractivity contribution in [3.05, 3.63) is 0 Å². The summed E-state index contributed by atoms with van der Waals surface area (Å²) in [5.74, 6) is 1.40. The molecule has 21 heavy (non-hydrogen) atoms. The highest BCUT2D eigenvalue weighted by Crippen LogP contribution is 2.63. The highest BCUT2D eigenvalue weighted by atomic mass is 32.2. The molecule has 2 N–H and O–H groups in total. The molecule has 122 valence electrons. The van der Waals surface area contributed by atoms with Crippen LogP contribution >= 0.6 is 11.8 Å². The summed E-state index contributed by atoms with van der Waals surface area (Å²) in [6.07, 6.45) is 10.7. The van der Waals surface area contributed by atoms with E-state index >= 15 is 0 Å². The van der Waals surface area contributed by atoms with Gasteiger partial charge in [0, 0.05) is 6.42 Å². The first-order chi connectivity index (χ1) is 9.96. The molecule has 0 saturated heterocycles. The molecule has 3 nitrogen and oxygen atoms in total. The summed E-state index contributed by atoms with van der Waals surface area (Å²) in [5, 5.41) is 12.7. The first-order valence-electron chi connectivity index (χ1n) is 8.37. The number of amides is 1. The van der Waals surface area contributed by atoms with Crippen LogP contribution in [-0.2, 0) is 4.79 Å². The Hall–Kier alpha value is -0.220. The van der Waals surface area contributed by atoms with Gasteiger partial charge < -0.3 is 10.4 Å². The van der Waals surface area contributed by atoms with Crippen molar-refractivity contribution in [1.82, 2.24) is 5.32 Å². The maximum absolute atomic E-state index is 12.5. The second kappa shape index (κ2) is 6.49. The molecule has 0 atom stereocenters. The molecule has 0 radical (unpaired) electrons. The van der Waals surface area contributed by atoms with Crippen molar-refractivity contribution in [2.45, 2.75) is 70.8 Å². The zero-order valence-corrected chi connectivity index (χ0v) is 14.7. The molecular weight excluding hydrogens is 282 g/mol. The zero-order chi connectivity index (χ0) is 15.6. The largest absolute Gasteiger partial charge is 0.394 e. The van der Waals surface area contributed by atoms with E-state index in [2.05, 4.69) is 11.6 Å². The predicted molar refractivity (Wildman–Crippen MR) is 89.5 cm³/mol. The van der Waals surface area contributed by atoms with Gasteiger partial charge in [-0.05, 0) is 67.8 Å². The fourth-order valence-corrected chi connectivity index (χ4v) is 5.57. The minimum atomic E-state index is -0.415. The Morgan fingerprint density at radius 2 is 1.76 bits per heavy atom. The molecule has 2 fully saturated rings. The van der Waals surface area contributed by atoms with Gasteiger partial charge in [-0.2, -0.15) is 11.8 Å². The molecule has 0 aromatic rings. The Labute approximate surface area is 133 Å². The third-order valence-corrected chi connectivity index (χ3v) is 7.07. The molecule has 2 aliphatic carbocycles. The number of carbonyl (C=O) groups excluding carboxylic acids is 1. The minimum absolute atomic E-state index is 0.0369. The number of nitrogens with one attached hydrogen (secondary N) is 1. The van der Waals surface area contributed by atoms with Crippen molar-refractivity contribution < 1.29 is 9.90 Å². The van der Waals surface area contributed by atoms with Crippen LogP contribution in [0.4, 0.5) is 0 Å². The van der Waals surface area contributed by atoms with Crippen LogP contribution in [-0.4, -0.2) is 35.2 Å². The number of aliphatic hydroxyl groups is 1. The van der Waals surface area contributed by atoms with Crippen LogP contribution in [0.1, 0.15) is 65.2 Å². The molecule has 2 aliphatic rings. The Morgan fingerprint density at radius 1 is 1.19 bits per heavy atom. The van der Waals surface area contributed by atoms with Gasteiger partial charge in [0.2, 0.25) is 5.91 Å². The van der Waals surface area contributed by atoms with Crippen molar-refractivity contribution in [3.63, 3.8) is 0 Å². The van der Waals surface area contributed by atoms with Gasteiger partial charge in [-0.3, -0.25) is 4.79 Å². The zero-order valence-electron chi connectivity index (χ0n) is 13.8. The molecule has 2 saturated carbocycles. The summed E-state index contributed by atoms with van der Waals surface area (Å²) in [6.45, 7) is 4.11. The molecule has 0 aliphatic heterocycles. The van der Waals surface area contributed by atoms with E-state index in [1.165, 1.54) is 37.9 Å². The number of fused-ring (bicyclic) bond motifs is 2. The van der Waals surface area contributed by atoms with Gasteiger partial charge in [-0.1, -0.05) is 13.8 Å². The van der Waals surface area contributed by atoms with Crippen LogP contribution < -0.4 is 5.32 Å². The van der Waals surface area contributed by atoms with Crippen LogP contribution in [0, 0.1) is 10.8 Å². The molecule has 0 heterocycles. The Bertz CT molecular complexity index is 363. The Kier molecular flexibility index (Phi) is 5.30. The maximum Gasteiger partial charge on any atom is 0.221 e. The van der Waals surface area contributed by atoms with E-state index in [9.17, 15) is 9.90 Å². The van der Waals surface area contributed by atoms with E-state index in [0.29, 0.717) is 11.8 Å². The van der Waals surface area contributed by atoms with Crippen LogP contribution in [0.15, 0.2) is 0 Å². The number of rotatable bonds is 8.